The zero-order chi connectivity index (χ0) is 32.3. The molecule has 2 amide bonds. The third kappa shape index (κ3) is 8.77. The van der Waals surface area contributed by atoms with Gasteiger partial charge in [-0.2, -0.15) is 5.10 Å². The van der Waals surface area contributed by atoms with E-state index >= 15 is 0 Å². The number of benzene rings is 3. The zero-order valence-electron chi connectivity index (χ0n) is 27.2. The summed E-state index contributed by atoms with van der Waals surface area (Å²) in [6.45, 7) is 5.03. The van der Waals surface area contributed by atoms with Gasteiger partial charge in [-0.15, -0.1) is 0 Å². The van der Waals surface area contributed by atoms with Gasteiger partial charge in [0.1, 0.15) is 18.1 Å². The Hall–Kier alpha value is -4.59. The van der Waals surface area contributed by atoms with Gasteiger partial charge in [0.05, 0.1) is 24.4 Å². The molecule has 0 spiro atoms. The first-order valence-corrected chi connectivity index (χ1v) is 16.5. The van der Waals surface area contributed by atoms with Crippen LogP contribution in [0.5, 0.6) is 11.5 Å². The molecular formula is C38H46N4O4. The quantitative estimate of drug-likeness (QED) is 0.152. The van der Waals surface area contributed by atoms with Crippen molar-refractivity contribution in [1.82, 2.24) is 20.4 Å². The van der Waals surface area contributed by atoms with Crippen molar-refractivity contribution in [2.75, 3.05) is 7.11 Å². The summed E-state index contributed by atoms with van der Waals surface area (Å²) in [4.78, 5) is 26.8. The Labute approximate surface area is 272 Å². The predicted octanol–water partition coefficient (Wildman–Crippen LogP) is 7.49. The minimum absolute atomic E-state index is 0.0996. The fourth-order valence-electron chi connectivity index (χ4n) is 6.20. The predicted molar refractivity (Wildman–Crippen MR) is 181 cm³/mol. The molecule has 0 saturated heterocycles. The van der Waals surface area contributed by atoms with Crippen LogP contribution in [-0.2, 0) is 17.9 Å². The molecule has 3 aromatic carbocycles. The highest BCUT2D eigenvalue weighted by Gasteiger charge is 2.28. The number of aromatic nitrogens is 2. The number of rotatable bonds is 14. The van der Waals surface area contributed by atoms with Crippen LogP contribution in [0.3, 0.4) is 0 Å². The molecule has 1 fully saturated rings. The molecule has 1 aliphatic rings. The van der Waals surface area contributed by atoms with E-state index in [1.54, 1.807) is 7.11 Å². The first-order chi connectivity index (χ1) is 22.4. The van der Waals surface area contributed by atoms with Gasteiger partial charge in [-0.05, 0) is 54.5 Å². The lowest BCUT2D eigenvalue weighted by Gasteiger charge is -2.25. The van der Waals surface area contributed by atoms with Crippen molar-refractivity contribution in [2.45, 2.75) is 84.0 Å². The molecule has 1 unspecified atom stereocenters. The Kier molecular flexibility index (Phi) is 11.5. The highest BCUT2D eigenvalue weighted by molar-refractivity contribution is 5.94. The molecule has 242 valence electrons. The maximum absolute atomic E-state index is 13.8. The largest absolute Gasteiger partial charge is 0.496 e. The zero-order valence-corrected chi connectivity index (χ0v) is 27.2. The Bertz CT molecular complexity index is 1560. The number of carbonyl (C=O) groups excluding carboxylic acids is 2. The molecule has 1 atom stereocenters. The van der Waals surface area contributed by atoms with E-state index in [-0.39, 0.29) is 30.3 Å². The van der Waals surface area contributed by atoms with E-state index in [4.69, 9.17) is 14.6 Å². The van der Waals surface area contributed by atoms with Crippen LogP contribution in [0, 0.1) is 5.92 Å². The Morgan fingerprint density at radius 2 is 1.57 bits per heavy atom. The molecule has 0 aliphatic heterocycles. The van der Waals surface area contributed by atoms with Crippen molar-refractivity contribution in [1.29, 1.82) is 0 Å². The number of nitrogens with zero attached hydrogens (tertiary/aromatic N) is 2. The van der Waals surface area contributed by atoms with Crippen molar-refractivity contribution in [3.05, 3.63) is 102 Å². The third-order valence-electron chi connectivity index (χ3n) is 8.45. The molecule has 4 aromatic rings. The van der Waals surface area contributed by atoms with Gasteiger partial charge in [0, 0.05) is 19.0 Å². The fraction of sp³-hybridized carbons (Fsp3) is 0.395. The van der Waals surface area contributed by atoms with Gasteiger partial charge in [-0.3, -0.25) is 14.3 Å². The van der Waals surface area contributed by atoms with Crippen molar-refractivity contribution in [3.63, 3.8) is 0 Å². The molecule has 8 nitrogen and oxygen atoms in total. The van der Waals surface area contributed by atoms with Crippen LogP contribution in [0.1, 0.15) is 86.5 Å². The average Bonchev–Trinajstić information content (AvgIpc) is 3.52. The molecule has 1 heterocycles. The van der Waals surface area contributed by atoms with Gasteiger partial charge in [-0.1, -0.05) is 99.8 Å². The topological polar surface area (TPSA) is 94.5 Å². The molecular weight excluding hydrogens is 576 g/mol. The fourth-order valence-corrected chi connectivity index (χ4v) is 6.20. The summed E-state index contributed by atoms with van der Waals surface area (Å²) in [6, 6.07) is 27.3. The van der Waals surface area contributed by atoms with Crippen LogP contribution in [0.4, 0.5) is 0 Å². The molecule has 2 N–H and O–H groups in total. The smallest absolute Gasteiger partial charge is 0.272 e. The molecule has 1 aliphatic carbocycles. The molecule has 1 saturated carbocycles. The Balaban J connectivity index is 1.41. The third-order valence-corrected chi connectivity index (χ3v) is 8.45. The standard InChI is InChI=1S/C38H46N4O4/c1-27(2)22-30(23-36(43)39-25-28-14-7-4-8-15-28)40-38(44)32-24-33(42(41-32)31-18-11-6-12-19-31)37-34(45-3)20-13-21-35(37)46-26-29-16-9-5-10-17-29/h4-5,7-10,13-17,20-21,24,27,30-31H,6,11-12,18-19,22-23,25-26H2,1-3H3,(H,39,43)(H,40,44). The number of carbonyl (C=O) groups is 2. The van der Waals surface area contributed by atoms with E-state index in [1.807, 2.05) is 89.6 Å². The lowest BCUT2D eigenvalue weighted by molar-refractivity contribution is -0.121. The first-order valence-electron chi connectivity index (χ1n) is 16.5. The van der Waals surface area contributed by atoms with Crippen molar-refractivity contribution >= 4 is 11.8 Å². The highest BCUT2D eigenvalue weighted by Crippen LogP contribution is 2.42. The number of ether oxygens (including phenoxy) is 2. The summed E-state index contributed by atoms with van der Waals surface area (Å²) in [6.07, 6.45) is 6.27. The summed E-state index contributed by atoms with van der Waals surface area (Å²) in [5.74, 6) is 1.22. The summed E-state index contributed by atoms with van der Waals surface area (Å²) >= 11 is 0. The summed E-state index contributed by atoms with van der Waals surface area (Å²) < 4.78 is 14.2. The van der Waals surface area contributed by atoms with Crippen molar-refractivity contribution in [3.8, 4) is 22.8 Å². The SMILES string of the molecule is COc1cccc(OCc2ccccc2)c1-c1cc(C(=O)NC(CC(=O)NCc2ccccc2)CC(C)C)nn1C1CCCCC1. The van der Waals surface area contributed by atoms with Crippen LogP contribution in [-0.4, -0.2) is 34.7 Å². The van der Waals surface area contributed by atoms with E-state index < -0.39 is 0 Å². The second-order valence-corrected chi connectivity index (χ2v) is 12.5. The van der Waals surface area contributed by atoms with Crippen molar-refractivity contribution in [2.24, 2.45) is 5.92 Å². The van der Waals surface area contributed by atoms with Crippen LogP contribution in [0.2, 0.25) is 0 Å². The van der Waals surface area contributed by atoms with Crippen LogP contribution in [0.15, 0.2) is 84.9 Å². The van der Waals surface area contributed by atoms with E-state index in [2.05, 4.69) is 24.5 Å². The summed E-state index contributed by atoms with van der Waals surface area (Å²) in [5.41, 5.74) is 3.97. The Morgan fingerprint density at radius 3 is 2.24 bits per heavy atom. The first kappa shape index (κ1) is 32.8. The van der Waals surface area contributed by atoms with Gasteiger partial charge < -0.3 is 20.1 Å². The molecule has 0 radical (unpaired) electrons. The van der Waals surface area contributed by atoms with Gasteiger partial charge >= 0.3 is 0 Å². The summed E-state index contributed by atoms with van der Waals surface area (Å²) in [5, 5.41) is 11.1. The van der Waals surface area contributed by atoms with Gasteiger partial charge in [0.2, 0.25) is 5.91 Å². The highest BCUT2D eigenvalue weighted by atomic mass is 16.5. The maximum atomic E-state index is 13.8. The second kappa shape index (κ2) is 16.1. The van der Waals surface area contributed by atoms with Crippen LogP contribution < -0.4 is 20.1 Å². The van der Waals surface area contributed by atoms with Crippen LogP contribution >= 0.6 is 0 Å². The van der Waals surface area contributed by atoms with Crippen LogP contribution in [0.25, 0.3) is 11.3 Å². The monoisotopic (exact) mass is 622 g/mol. The van der Waals surface area contributed by atoms with Gasteiger partial charge in [-0.25, -0.2) is 0 Å². The van der Waals surface area contributed by atoms with E-state index in [0.717, 1.165) is 48.1 Å². The molecule has 8 heteroatoms. The number of hydrogen-bond donors (Lipinski definition) is 2. The number of hydrogen-bond acceptors (Lipinski definition) is 5. The van der Waals surface area contributed by atoms with E-state index in [0.29, 0.717) is 42.7 Å². The average molecular weight is 623 g/mol. The minimum atomic E-state index is -0.331. The van der Waals surface area contributed by atoms with Crippen molar-refractivity contribution < 1.29 is 19.1 Å². The van der Waals surface area contributed by atoms with Gasteiger partial charge in [0.25, 0.3) is 5.91 Å². The number of amides is 2. The lowest BCUT2D eigenvalue weighted by Crippen LogP contribution is -2.40. The maximum Gasteiger partial charge on any atom is 0.272 e. The lowest BCUT2D eigenvalue weighted by atomic mass is 9.95. The molecule has 1 aromatic heterocycles. The minimum Gasteiger partial charge on any atom is -0.496 e. The van der Waals surface area contributed by atoms with E-state index in [1.165, 1.54) is 6.42 Å². The Morgan fingerprint density at radius 1 is 0.891 bits per heavy atom. The van der Waals surface area contributed by atoms with Gasteiger partial charge in [0.15, 0.2) is 5.69 Å². The van der Waals surface area contributed by atoms with E-state index in [9.17, 15) is 9.59 Å². The molecule has 5 rings (SSSR count). The summed E-state index contributed by atoms with van der Waals surface area (Å²) in [7, 11) is 1.65. The normalized spacial score (nSPS) is 14.1. The number of nitrogens with one attached hydrogen (secondary N) is 2. The molecule has 0 bridgehead atoms. The second-order valence-electron chi connectivity index (χ2n) is 12.5. The molecule has 46 heavy (non-hydrogen) atoms. The number of methoxy groups -OCH3 is 1.